The molecule has 0 spiro atoms. The zero-order valence-electron chi connectivity index (χ0n) is 10.3. The molecule has 2 aliphatic rings. The second kappa shape index (κ2) is 5.78. The molecule has 0 N–H and O–H groups in total. The molecule has 16 heavy (non-hydrogen) atoms. The molecule has 3 nitrogen and oxygen atoms in total. The second-order valence-electron chi connectivity index (χ2n) is 5.04. The Hall–Kier alpha value is -0.410. The van der Waals surface area contributed by atoms with Crippen LogP contribution in [0.5, 0.6) is 0 Å². The van der Waals surface area contributed by atoms with E-state index in [2.05, 4.69) is 11.8 Å². The van der Waals surface area contributed by atoms with E-state index in [0.717, 1.165) is 52.0 Å². The predicted octanol–water partition coefficient (Wildman–Crippen LogP) is 1.86. The van der Waals surface area contributed by atoms with E-state index in [1.165, 1.54) is 6.42 Å². The third-order valence-corrected chi connectivity index (χ3v) is 3.96. The summed E-state index contributed by atoms with van der Waals surface area (Å²) in [6.07, 6.45) is 5.38. The van der Waals surface area contributed by atoms with E-state index >= 15 is 0 Å². The number of hydrogen-bond donors (Lipinski definition) is 0. The highest BCUT2D eigenvalue weighted by atomic mass is 16.5. The van der Waals surface area contributed by atoms with E-state index in [9.17, 15) is 4.79 Å². The summed E-state index contributed by atoms with van der Waals surface area (Å²) in [5, 5.41) is 0. The van der Waals surface area contributed by atoms with Gasteiger partial charge in [0.05, 0.1) is 13.2 Å². The first-order valence-electron chi connectivity index (χ1n) is 6.65. The first-order valence-corrected chi connectivity index (χ1v) is 6.65. The van der Waals surface area contributed by atoms with Crippen LogP contribution in [0.1, 0.15) is 39.0 Å². The Labute approximate surface area is 98.1 Å². The summed E-state index contributed by atoms with van der Waals surface area (Å²) in [6, 6.07) is 0.531. The number of ether oxygens (including phenoxy) is 1. The van der Waals surface area contributed by atoms with Crippen LogP contribution in [0, 0.1) is 5.92 Å². The van der Waals surface area contributed by atoms with Crippen LogP contribution in [0.2, 0.25) is 0 Å². The first-order chi connectivity index (χ1) is 7.81. The molecule has 1 aliphatic heterocycles. The van der Waals surface area contributed by atoms with Crippen LogP contribution in [-0.4, -0.2) is 43.0 Å². The topological polar surface area (TPSA) is 29.5 Å². The fourth-order valence-electron chi connectivity index (χ4n) is 2.84. The lowest BCUT2D eigenvalue weighted by atomic mass is 9.87. The van der Waals surface area contributed by atoms with E-state index in [1.54, 1.807) is 0 Å². The Kier molecular flexibility index (Phi) is 4.36. The van der Waals surface area contributed by atoms with Crippen LogP contribution in [-0.2, 0) is 9.53 Å². The van der Waals surface area contributed by atoms with Crippen LogP contribution < -0.4 is 0 Å². The SMILES string of the molecule is CCC1COCCN1CC1CCCCC1=O. The minimum atomic E-state index is 0.306. The van der Waals surface area contributed by atoms with Gasteiger partial charge in [0.2, 0.25) is 0 Å². The molecule has 0 aromatic carbocycles. The van der Waals surface area contributed by atoms with Crippen molar-refractivity contribution in [3.05, 3.63) is 0 Å². The normalized spacial score (nSPS) is 32.9. The minimum absolute atomic E-state index is 0.306. The standard InChI is InChI=1S/C13H23NO2/c1-2-12-10-16-8-7-14(12)9-11-5-3-4-6-13(11)15/h11-12H,2-10H2,1H3. The Bertz CT molecular complexity index is 242. The van der Waals surface area contributed by atoms with Gasteiger partial charge in [0.1, 0.15) is 5.78 Å². The Morgan fingerprint density at radius 1 is 1.44 bits per heavy atom. The Balaban J connectivity index is 1.88. The molecule has 1 saturated heterocycles. The lowest BCUT2D eigenvalue weighted by Gasteiger charge is -2.37. The van der Waals surface area contributed by atoms with E-state index in [-0.39, 0.29) is 0 Å². The van der Waals surface area contributed by atoms with Crippen LogP contribution >= 0.6 is 0 Å². The first kappa shape index (κ1) is 12.1. The van der Waals surface area contributed by atoms with Crippen LogP contribution in [0.15, 0.2) is 0 Å². The Morgan fingerprint density at radius 2 is 2.31 bits per heavy atom. The maximum Gasteiger partial charge on any atom is 0.137 e. The fourth-order valence-corrected chi connectivity index (χ4v) is 2.84. The molecular formula is C13H23NO2. The van der Waals surface area contributed by atoms with Crippen molar-refractivity contribution in [1.82, 2.24) is 4.90 Å². The van der Waals surface area contributed by atoms with Crippen molar-refractivity contribution in [1.29, 1.82) is 0 Å². The molecule has 0 bridgehead atoms. The van der Waals surface area contributed by atoms with E-state index in [4.69, 9.17) is 4.74 Å². The number of morpholine rings is 1. The van der Waals surface area contributed by atoms with Gasteiger partial charge in [0.15, 0.2) is 0 Å². The van der Waals surface area contributed by atoms with E-state index in [0.29, 0.717) is 17.7 Å². The van der Waals surface area contributed by atoms with Crippen molar-refractivity contribution in [2.24, 2.45) is 5.92 Å². The summed E-state index contributed by atoms with van der Waals surface area (Å²) < 4.78 is 5.49. The van der Waals surface area contributed by atoms with Crippen molar-refractivity contribution >= 4 is 5.78 Å². The maximum absolute atomic E-state index is 11.8. The molecule has 0 aromatic heterocycles. The molecule has 1 heterocycles. The van der Waals surface area contributed by atoms with Crippen molar-refractivity contribution in [3.63, 3.8) is 0 Å². The summed E-state index contributed by atoms with van der Waals surface area (Å²) in [7, 11) is 0. The lowest BCUT2D eigenvalue weighted by Crippen LogP contribution is -2.48. The number of nitrogens with zero attached hydrogens (tertiary/aromatic N) is 1. The zero-order chi connectivity index (χ0) is 11.4. The molecule has 3 heteroatoms. The summed E-state index contributed by atoms with van der Waals surface area (Å²) in [4.78, 5) is 14.3. The van der Waals surface area contributed by atoms with E-state index < -0.39 is 0 Å². The third-order valence-electron chi connectivity index (χ3n) is 3.96. The zero-order valence-corrected chi connectivity index (χ0v) is 10.3. The van der Waals surface area contributed by atoms with Gasteiger partial charge in [0, 0.05) is 31.5 Å². The lowest BCUT2D eigenvalue weighted by molar-refractivity contribution is -0.126. The molecule has 0 radical (unpaired) electrons. The molecule has 2 unspecified atom stereocenters. The minimum Gasteiger partial charge on any atom is -0.378 e. The molecule has 1 aliphatic carbocycles. The number of Topliss-reactive ketones (excluding diaryl/α,β-unsaturated/α-hetero) is 1. The number of ketones is 1. The number of hydrogen-bond acceptors (Lipinski definition) is 3. The molecular weight excluding hydrogens is 202 g/mol. The van der Waals surface area contributed by atoms with Gasteiger partial charge in [-0.3, -0.25) is 9.69 Å². The van der Waals surface area contributed by atoms with Crippen LogP contribution in [0.3, 0.4) is 0 Å². The average Bonchev–Trinajstić information content (AvgIpc) is 2.33. The predicted molar refractivity (Wildman–Crippen MR) is 63.4 cm³/mol. The molecule has 1 saturated carbocycles. The number of carbonyl (C=O) groups excluding carboxylic acids is 1. The van der Waals surface area contributed by atoms with Gasteiger partial charge in [-0.2, -0.15) is 0 Å². The second-order valence-corrected chi connectivity index (χ2v) is 5.04. The molecule has 92 valence electrons. The summed E-state index contributed by atoms with van der Waals surface area (Å²) in [6.45, 7) is 5.85. The fraction of sp³-hybridized carbons (Fsp3) is 0.923. The summed E-state index contributed by atoms with van der Waals surface area (Å²) >= 11 is 0. The summed E-state index contributed by atoms with van der Waals surface area (Å²) in [5.41, 5.74) is 0. The van der Waals surface area contributed by atoms with Gasteiger partial charge in [-0.25, -0.2) is 0 Å². The molecule has 0 amide bonds. The van der Waals surface area contributed by atoms with E-state index in [1.807, 2.05) is 0 Å². The van der Waals surface area contributed by atoms with Gasteiger partial charge in [-0.1, -0.05) is 13.3 Å². The number of carbonyl (C=O) groups is 1. The summed E-state index contributed by atoms with van der Waals surface area (Å²) in [5.74, 6) is 0.800. The van der Waals surface area contributed by atoms with Gasteiger partial charge in [-0.05, 0) is 19.3 Å². The average molecular weight is 225 g/mol. The van der Waals surface area contributed by atoms with Crippen LogP contribution in [0.4, 0.5) is 0 Å². The van der Waals surface area contributed by atoms with Gasteiger partial charge < -0.3 is 4.74 Å². The molecule has 0 aromatic rings. The monoisotopic (exact) mass is 225 g/mol. The Morgan fingerprint density at radius 3 is 3.06 bits per heavy atom. The quantitative estimate of drug-likeness (QED) is 0.734. The smallest absolute Gasteiger partial charge is 0.137 e. The largest absolute Gasteiger partial charge is 0.378 e. The van der Waals surface area contributed by atoms with Crippen molar-refractivity contribution < 1.29 is 9.53 Å². The van der Waals surface area contributed by atoms with Gasteiger partial charge in [-0.15, -0.1) is 0 Å². The van der Waals surface area contributed by atoms with Crippen molar-refractivity contribution in [3.8, 4) is 0 Å². The maximum atomic E-state index is 11.8. The van der Waals surface area contributed by atoms with Crippen molar-refractivity contribution in [2.75, 3.05) is 26.3 Å². The molecule has 2 atom stereocenters. The van der Waals surface area contributed by atoms with Gasteiger partial charge in [0.25, 0.3) is 0 Å². The highest BCUT2D eigenvalue weighted by Gasteiger charge is 2.28. The highest BCUT2D eigenvalue weighted by Crippen LogP contribution is 2.23. The van der Waals surface area contributed by atoms with Crippen molar-refractivity contribution in [2.45, 2.75) is 45.1 Å². The highest BCUT2D eigenvalue weighted by molar-refractivity contribution is 5.81. The third kappa shape index (κ3) is 2.83. The van der Waals surface area contributed by atoms with Gasteiger partial charge >= 0.3 is 0 Å². The van der Waals surface area contributed by atoms with Crippen LogP contribution in [0.25, 0.3) is 0 Å². The number of rotatable bonds is 3. The molecule has 2 fully saturated rings. The molecule has 2 rings (SSSR count).